The lowest BCUT2D eigenvalue weighted by Gasteiger charge is -2.12. The molecular weight excluding hydrogens is 395 g/mol. The van der Waals surface area contributed by atoms with Crippen LogP contribution in [0.5, 0.6) is 0 Å². The number of hydrogen-bond donors (Lipinski definition) is 1. The summed E-state index contributed by atoms with van der Waals surface area (Å²) in [6.07, 6.45) is -4.46. The summed E-state index contributed by atoms with van der Waals surface area (Å²) in [6, 6.07) is 10.1. The molecule has 0 unspecified atom stereocenters. The number of alkyl halides is 3. The van der Waals surface area contributed by atoms with Crippen LogP contribution >= 0.6 is 11.6 Å². The molecular formula is C18H13ClF3N5O. The van der Waals surface area contributed by atoms with E-state index in [2.05, 4.69) is 15.5 Å². The van der Waals surface area contributed by atoms with Gasteiger partial charge in [-0.15, -0.1) is 10.2 Å². The van der Waals surface area contributed by atoms with Gasteiger partial charge in [-0.25, -0.2) is 0 Å². The zero-order valence-electron chi connectivity index (χ0n) is 14.5. The second-order valence-electron chi connectivity index (χ2n) is 6.18. The van der Waals surface area contributed by atoms with Crippen molar-refractivity contribution in [2.75, 3.05) is 5.32 Å². The van der Waals surface area contributed by atoms with Crippen LogP contribution in [0.3, 0.4) is 0 Å². The maximum atomic E-state index is 12.8. The van der Waals surface area contributed by atoms with Crippen molar-refractivity contribution in [3.8, 4) is 0 Å². The molecule has 0 aliphatic carbocycles. The van der Waals surface area contributed by atoms with Crippen molar-refractivity contribution >= 4 is 34.0 Å². The predicted octanol–water partition coefficient (Wildman–Crippen LogP) is 3.87. The molecule has 0 saturated heterocycles. The van der Waals surface area contributed by atoms with Gasteiger partial charge < -0.3 is 5.32 Å². The smallest absolute Gasteiger partial charge is 0.377 e. The van der Waals surface area contributed by atoms with Gasteiger partial charge in [0.15, 0.2) is 5.82 Å². The maximum absolute atomic E-state index is 12.8. The van der Waals surface area contributed by atoms with E-state index in [4.69, 9.17) is 11.6 Å². The second kappa shape index (κ2) is 6.52. The normalized spacial score (nSPS) is 12.0. The molecule has 4 rings (SSSR count). The Labute approximate surface area is 161 Å². The minimum Gasteiger partial charge on any atom is -0.377 e. The summed E-state index contributed by atoms with van der Waals surface area (Å²) in [7, 11) is 1.60. The fourth-order valence-corrected chi connectivity index (χ4v) is 3.26. The summed E-state index contributed by atoms with van der Waals surface area (Å²) >= 11 is 5.98. The van der Waals surface area contributed by atoms with Crippen LogP contribution in [0.2, 0.25) is 5.02 Å². The predicted molar refractivity (Wildman–Crippen MR) is 99.5 cm³/mol. The van der Waals surface area contributed by atoms with Crippen LogP contribution < -0.4 is 10.9 Å². The van der Waals surface area contributed by atoms with E-state index in [0.29, 0.717) is 28.2 Å². The van der Waals surface area contributed by atoms with E-state index in [1.165, 1.54) is 10.6 Å². The highest BCUT2D eigenvalue weighted by Crippen LogP contribution is 2.33. The zero-order valence-corrected chi connectivity index (χ0v) is 15.2. The SMILES string of the molecule is Cn1c(=O)c2ccccc2n2c(CNc3ccc(C(F)(F)F)cc3Cl)nnc12. The van der Waals surface area contributed by atoms with Gasteiger partial charge in [0.2, 0.25) is 5.78 Å². The Morgan fingerprint density at radius 1 is 1.14 bits per heavy atom. The van der Waals surface area contributed by atoms with Crippen molar-refractivity contribution in [1.29, 1.82) is 0 Å². The summed E-state index contributed by atoms with van der Waals surface area (Å²) in [6.45, 7) is 0.147. The van der Waals surface area contributed by atoms with Crippen LogP contribution in [0.15, 0.2) is 47.3 Å². The number of fused-ring (bicyclic) bond motifs is 3. The third-order valence-corrected chi connectivity index (χ3v) is 4.74. The molecule has 0 bridgehead atoms. The molecule has 10 heteroatoms. The van der Waals surface area contributed by atoms with Gasteiger partial charge in [-0.2, -0.15) is 13.2 Å². The number of aryl methyl sites for hydroxylation is 1. The molecule has 0 atom stereocenters. The molecule has 0 aliphatic heterocycles. The molecule has 6 nitrogen and oxygen atoms in total. The molecule has 0 spiro atoms. The molecule has 144 valence electrons. The lowest BCUT2D eigenvalue weighted by Crippen LogP contribution is -2.20. The highest BCUT2D eigenvalue weighted by Gasteiger charge is 2.30. The van der Waals surface area contributed by atoms with Gasteiger partial charge >= 0.3 is 6.18 Å². The van der Waals surface area contributed by atoms with Gasteiger partial charge in [0.25, 0.3) is 5.56 Å². The Morgan fingerprint density at radius 3 is 2.61 bits per heavy atom. The first-order valence-electron chi connectivity index (χ1n) is 8.20. The zero-order chi connectivity index (χ0) is 20.1. The van der Waals surface area contributed by atoms with Gasteiger partial charge in [0, 0.05) is 7.05 Å². The van der Waals surface area contributed by atoms with Crippen LogP contribution in [-0.2, 0) is 19.8 Å². The fraction of sp³-hybridized carbons (Fsp3) is 0.167. The van der Waals surface area contributed by atoms with Crippen molar-refractivity contribution in [3.63, 3.8) is 0 Å². The Balaban J connectivity index is 1.73. The number of hydrogen-bond acceptors (Lipinski definition) is 4. The average Bonchev–Trinajstić information content (AvgIpc) is 3.08. The highest BCUT2D eigenvalue weighted by molar-refractivity contribution is 6.33. The first-order chi connectivity index (χ1) is 13.3. The van der Waals surface area contributed by atoms with E-state index in [0.717, 1.165) is 12.1 Å². The van der Waals surface area contributed by atoms with E-state index >= 15 is 0 Å². The summed E-state index contributed by atoms with van der Waals surface area (Å²) in [5.74, 6) is 0.844. The molecule has 1 N–H and O–H groups in total. The van der Waals surface area contributed by atoms with Gasteiger partial charge in [0.05, 0.1) is 33.7 Å². The third-order valence-electron chi connectivity index (χ3n) is 4.43. The molecule has 0 fully saturated rings. The van der Waals surface area contributed by atoms with Gasteiger partial charge in [-0.05, 0) is 30.3 Å². The first-order valence-corrected chi connectivity index (χ1v) is 8.57. The minimum atomic E-state index is -4.46. The Hall–Kier alpha value is -3.07. The standard InChI is InChI=1S/C18H13ClF3N5O/c1-26-16(28)11-4-2-3-5-14(11)27-15(24-25-17(26)27)9-23-13-7-6-10(8-12(13)19)18(20,21)22/h2-8,23H,9H2,1H3. The van der Waals surface area contributed by atoms with Crippen molar-refractivity contribution in [2.24, 2.45) is 7.05 Å². The van der Waals surface area contributed by atoms with E-state index in [-0.39, 0.29) is 17.1 Å². The Morgan fingerprint density at radius 2 is 1.89 bits per heavy atom. The van der Waals surface area contributed by atoms with Crippen molar-refractivity contribution in [3.05, 3.63) is 69.2 Å². The number of aromatic nitrogens is 4. The number of rotatable bonds is 3. The number of benzene rings is 2. The van der Waals surface area contributed by atoms with E-state index < -0.39 is 11.7 Å². The molecule has 0 saturated carbocycles. The van der Waals surface area contributed by atoms with Crippen LogP contribution in [0, 0.1) is 0 Å². The second-order valence-corrected chi connectivity index (χ2v) is 6.59. The molecule has 28 heavy (non-hydrogen) atoms. The lowest BCUT2D eigenvalue weighted by molar-refractivity contribution is -0.137. The molecule has 2 aromatic carbocycles. The monoisotopic (exact) mass is 407 g/mol. The quantitative estimate of drug-likeness (QED) is 0.560. The summed E-state index contributed by atoms with van der Waals surface area (Å²) < 4.78 is 41.4. The number of anilines is 1. The molecule has 0 amide bonds. The lowest BCUT2D eigenvalue weighted by atomic mass is 10.2. The minimum absolute atomic E-state index is 0.0547. The van der Waals surface area contributed by atoms with Crippen LogP contribution in [0.25, 0.3) is 16.7 Å². The Bertz CT molecular complexity index is 1260. The molecule has 2 aromatic heterocycles. The number of para-hydroxylation sites is 1. The first kappa shape index (κ1) is 18.3. The number of halogens is 4. The molecule has 2 heterocycles. The van der Waals surface area contributed by atoms with Crippen LogP contribution in [-0.4, -0.2) is 19.2 Å². The van der Waals surface area contributed by atoms with E-state index in [9.17, 15) is 18.0 Å². The highest BCUT2D eigenvalue weighted by atomic mass is 35.5. The van der Waals surface area contributed by atoms with Crippen LogP contribution in [0.4, 0.5) is 18.9 Å². The van der Waals surface area contributed by atoms with E-state index in [1.807, 2.05) is 0 Å². The average molecular weight is 408 g/mol. The summed E-state index contributed by atoms with van der Waals surface area (Å²) in [5.41, 5.74) is -0.0424. The number of nitrogens with zero attached hydrogens (tertiary/aromatic N) is 4. The Kier molecular flexibility index (Phi) is 4.26. The third kappa shape index (κ3) is 2.97. The summed E-state index contributed by atoms with van der Waals surface area (Å²) in [4.78, 5) is 12.4. The van der Waals surface area contributed by atoms with Gasteiger partial charge in [0.1, 0.15) is 0 Å². The van der Waals surface area contributed by atoms with Gasteiger partial charge in [-0.1, -0.05) is 23.7 Å². The van der Waals surface area contributed by atoms with Gasteiger partial charge in [-0.3, -0.25) is 13.8 Å². The number of nitrogens with one attached hydrogen (secondary N) is 1. The van der Waals surface area contributed by atoms with Crippen molar-refractivity contribution < 1.29 is 13.2 Å². The summed E-state index contributed by atoms with van der Waals surface area (Å²) in [5, 5.41) is 11.6. The maximum Gasteiger partial charge on any atom is 0.416 e. The van der Waals surface area contributed by atoms with Crippen molar-refractivity contribution in [2.45, 2.75) is 12.7 Å². The molecule has 0 radical (unpaired) electrons. The van der Waals surface area contributed by atoms with Crippen LogP contribution in [0.1, 0.15) is 11.4 Å². The van der Waals surface area contributed by atoms with Crippen molar-refractivity contribution in [1.82, 2.24) is 19.2 Å². The fourth-order valence-electron chi connectivity index (χ4n) is 3.02. The van der Waals surface area contributed by atoms with E-state index in [1.54, 1.807) is 35.7 Å². The topological polar surface area (TPSA) is 64.2 Å². The molecule has 4 aromatic rings. The molecule has 0 aliphatic rings. The largest absolute Gasteiger partial charge is 0.416 e.